The number of ether oxygens (including phenoxy) is 1. The number of rotatable bonds is 7. The molecule has 0 radical (unpaired) electrons. The fourth-order valence-corrected chi connectivity index (χ4v) is 2.01. The molecule has 0 aliphatic heterocycles. The molecule has 25 heavy (non-hydrogen) atoms. The molecule has 0 spiro atoms. The Kier molecular flexibility index (Phi) is 11.0. The predicted molar refractivity (Wildman–Crippen MR) is 115 cm³/mol. The maximum Gasteiger partial charge on any atom is 0.226 e. The van der Waals surface area contributed by atoms with Gasteiger partial charge in [0.2, 0.25) is 5.91 Å². The van der Waals surface area contributed by atoms with Crippen LogP contribution in [0.2, 0.25) is 5.02 Å². The first-order valence-corrected chi connectivity index (χ1v) is 8.21. The van der Waals surface area contributed by atoms with Crippen molar-refractivity contribution in [3.05, 3.63) is 28.8 Å². The summed E-state index contributed by atoms with van der Waals surface area (Å²) in [6.45, 7) is 6.91. The number of halogens is 2. The van der Waals surface area contributed by atoms with Crippen molar-refractivity contribution in [2.75, 3.05) is 32.6 Å². The molecule has 0 unspecified atom stereocenters. The van der Waals surface area contributed by atoms with Crippen molar-refractivity contribution in [1.29, 1.82) is 0 Å². The summed E-state index contributed by atoms with van der Waals surface area (Å²) in [6, 6.07) is 5.44. The number of hydrogen-bond donors (Lipinski definition) is 3. The number of guanidine groups is 1. The fraction of sp³-hybridized carbons (Fsp3) is 0.529. The first-order valence-electron chi connectivity index (χ1n) is 7.83. The van der Waals surface area contributed by atoms with E-state index in [0.717, 1.165) is 11.3 Å². The van der Waals surface area contributed by atoms with Crippen LogP contribution >= 0.6 is 35.6 Å². The first-order chi connectivity index (χ1) is 11.3. The van der Waals surface area contributed by atoms with Crippen molar-refractivity contribution >= 4 is 53.1 Å². The van der Waals surface area contributed by atoms with E-state index in [1.165, 1.54) is 0 Å². The summed E-state index contributed by atoms with van der Waals surface area (Å²) in [5.74, 6) is 0.549. The number of carbonyl (C=O) groups is 1. The van der Waals surface area contributed by atoms with Crippen LogP contribution in [0.25, 0.3) is 0 Å². The normalized spacial score (nSPS) is 11.5. The Morgan fingerprint density at radius 2 is 2.00 bits per heavy atom. The molecule has 0 aliphatic carbocycles. The Labute approximate surface area is 172 Å². The molecule has 1 aromatic rings. The largest absolute Gasteiger partial charge is 0.377 e. The van der Waals surface area contributed by atoms with Crippen LogP contribution in [0.4, 0.5) is 5.69 Å². The van der Waals surface area contributed by atoms with Gasteiger partial charge in [0.25, 0.3) is 0 Å². The van der Waals surface area contributed by atoms with E-state index in [1.54, 1.807) is 20.2 Å². The van der Waals surface area contributed by atoms with Crippen molar-refractivity contribution < 1.29 is 9.53 Å². The van der Waals surface area contributed by atoms with E-state index < -0.39 is 0 Å². The third kappa shape index (κ3) is 8.73. The first kappa shape index (κ1) is 23.9. The summed E-state index contributed by atoms with van der Waals surface area (Å²) in [6.07, 6.45) is 0.320. The lowest BCUT2D eigenvalue weighted by Gasteiger charge is -2.24. The smallest absolute Gasteiger partial charge is 0.226 e. The SMILES string of the molecule is CN=C(NCCC(=O)Nc1cccc(Cl)c1C)NCC(C)(C)OC.I. The van der Waals surface area contributed by atoms with E-state index in [4.69, 9.17) is 16.3 Å². The van der Waals surface area contributed by atoms with Crippen LogP contribution in [0.5, 0.6) is 0 Å². The minimum atomic E-state index is -0.293. The van der Waals surface area contributed by atoms with Gasteiger partial charge < -0.3 is 20.7 Å². The number of nitrogens with zero attached hydrogens (tertiary/aromatic N) is 1. The lowest BCUT2D eigenvalue weighted by atomic mass is 10.1. The van der Waals surface area contributed by atoms with Gasteiger partial charge >= 0.3 is 0 Å². The summed E-state index contributed by atoms with van der Waals surface area (Å²) in [7, 11) is 3.35. The van der Waals surface area contributed by atoms with Gasteiger partial charge in [0.15, 0.2) is 5.96 Å². The molecular weight excluding hydrogens is 455 g/mol. The number of methoxy groups -OCH3 is 1. The molecule has 0 saturated heterocycles. The molecule has 8 heteroatoms. The highest BCUT2D eigenvalue weighted by Crippen LogP contribution is 2.22. The molecule has 0 aliphatic rings. The molecule has 142 valence electrons. The Bertz CT molecular complexity index is 594. The summed E-state index contributed by atoms with van der Waals surface area (Å²) < 4.78 is 5.34. The second kappa shape index (κ2) is 11.5. The lowest BCUT2D eigenvalue weighted by Crippen LogP contribution is -2.45. The van der Waals surface area contributed by atoms with E-state index in [1.807, 2.05) is 32.9 Å². The standard InChI is InChI=1S/C17H27ClN4O2.HI/c1-12-13(18)7-6-8-14(12)22-15(23)9-10-20-16(19-4)21-11-17(2,3)24-5;/h6-8H,9-11H2,1-5H3,(H,22,23)(H2,19,20,21);1H. The molecule has 3 N–H and O–H groups in total. The predicted octanol–water partition coefficient (Wildman–Crippen LogP) is 3.19. The number of benzene rings is 1. The molecule has 1 rings (SSSR count). The second-order valence-electron chi connectivity index (χ2n) is 6.03. The quantitative estimate of drug-likeness (QED) is 0.317. The van der Waals surface area contributed by atoms with Gasteiger partial charge in [-0.25, -0.2) is 0 Å². The zero-order chi connectivity index (χ0) is 18.2. The van der Waals surface area contributed by atoms with E-state index in [0.29, 0.717) is 30.5 Å². The molecule has 0 heterocycles. The monoisotopic (exact) mass is 482 g/mol. The van der Waals surface area contributed by atoms with Crippen molar-refractivity contribution in [3.8, 4) is 0 Å². The van der Waals surface area contributed by atoms with Gasteiger partial charge in [0.05, 0.1) is 5.60 Å². The van der Waals surface area contributed by atoms with E-state index >= 15 is 0 Å². The maximum atomic E-state index is 12.0. The van der Waals surface area contributed by atoms with Gasteiger partial charge in [0, 0.05) is 44.4 Å². The average molecular weight is 483 g/mol. The minimum absolute atomic E-state index is 0. The zero-order valence-electron chi connectivity index (χ0n) is 15.4. The highest BCUT2D eigenvalue weighted by Gasteiger charge is 2.16. The molecule has 6 nitrogen and oxygen atoms in total. The molecule has 0 atom stereocenters. The summed E-state index contributed by atoms with van der Waals surface area (Å²) in [4.78, 5) is 16.2. The average Bonchev–Trinajstić information content (AvgIpc) is 2.55. The Morgan fingerprint density at radius 1 is 1.32 bits per heavy atom. The van der Waals surface area contributed by atoms with Crippen LogP contribution < -0.4 is 16.0 Å². The molecule has 1 aromatic carbocycles. The minimum Gasteiger partial charge on any atom is -0.377 e. The molecular formula is C17H28ClIN4O2. The number of nitrogens with one attached hydrogen (secondary N) is 3. The molecule has 0 aromatic heterocycles. The Balaban J connectivity index is 0.00000576. The number of hydrogen-bond acceptors (Lipinski definition) is 3. The van der Waals surface area contributed by atoms with Gasteiger partial charge in [-0.15, -0.1) is 24.0 Å². The third-order valence-electron chi connectivity index (χ3n) is 3.64. The van der Waals surface area contributed by atoms with Crippen molar-refractivity contribution in [1.82, 2.24) is 10.6 Å². The van der Waals surface area contributed by atoms with Gasteiger partial charge in [-0.3, -0.25) is 9.79 Å². The second-order valence-corrected chi connectivity index (χ2v) is 6.43. The van der Waals surface area contributed by atoms with Crippen LogP contribution in [0.15, 0.2) is 23.2 Å². The zero-order valence-corrected chi connectivity index (χ0v) is 18.5. The van der Waals surface area contributed by atoms with Crippen LogP contribution in [0.1, 0.15) is 25.8 Å². The van der Waals surface area contributed by atoms with Gasteiger partial charge in [-0.1, -0.05) is 17.7 Å². The van der Waals surface area contributed by atoms with Gasteiger partial charge in [-0.2, -0.15) is 0 Å². The van der Waals surface area contributed by atoms with Gasteiger partial charge in [-0.05, 0) is 38.5 Å². The van der Waals surface area contributed by atoms with E-state index in [2.05, 4.69) is 20.9 Å². The van der Waals surface area contributed by atoms with Crippen LogP contribution in [0, 0.1) is 6.92 Å². The van der Waals surface area contributed by atoms with Crippen LogP contribution in [-0.2, 0) is 9.53 Å². The van der Waals surface area contributed by atoms with Crippen LogP contribution in [-0.4, -0.2) is 44.7 Å². The van der Waals surface area contributed by atoms with Crippen molar-refractivity contribution in [2.45, 2.75) is 32.8 Å². The summed E-state index contributed by atoms with van der Waals surface area (Å²) in [5, 5.41) is 9.77. The maximum absolute atomic E-state index is 12.0. The van der Waals surface area contributed by atoms with Crippen LogP contribution in [0.3, 0.4) is 0 Å². The molecule has 0 saturated carbocycles. The number of aliphatic imine (C=N–C) groups is 1. The summed E-state index contributed by atoms with van der Waals surface area (Å²) >= 11 is 6.05. The highest BCUT2D eigenvalue weighted by atomic mass is 127. The molecule has 1 amide bonds. The Hall–Kier alpha value is -1.06. The lowest BCUT2D eigenvalue weighted by molar-refractivity contribution is -0.116. The topological polar surface area (TPSA) is 74.8 Å². The molecule has 0 fully saturated rings. The van der Waals surface area contributed by atoms with Crippen molar-refractivity contribution in [3.63, 3.8) is 0 Å². The van der Waals surface area contributed by atoms with Gasteiger partial charge in [0.1, 0.15) is 0 Å². The van der Waals surface area contributed by atoms with E-state index in [9.17, 15) is 4.79 Å². The third-order valence-corrected chi connectivity index (χ3v) is 4.05. The Morgan fingerprint density at radius 3 is 2.60 bits per heavy atom. The fourth-order valence-electron chi connectivity index (χ4n) is 1.84. The number of carbonyl (C=O) groups excluding carboxylic acids is 1. The summed E-state index contributed by atoms with van der Waals surface area (Å²) in [5.41, 5.74) is 1.30. The van der Waals surface area contributed by atoms with Crippen molar-refractivity contribution in [2.24, 2.45) is 4.99 Å². The van der Waals surface area contributed by atoms with E-state index in [-0.39, 0.29) is 35.5 Å². The molecule has 0 bridgehead atoms. The number of amides is 1. The number of anilines is 1. The highest BCUT2D eigenvalue weighted by molar-refractivity contribution is 14.0.